The summed E-state index contributed by atoms with van der Waals surface area (Å²) in [5.74, 6) is 0.802. The van der Waals surface area contributed by atoms with Crippen molar-refractivity contribution in [3.63, 3.8) is 0 Å². The quantitative estimate of drug-likeness (QED) is 0.275. The van der Waals surface area contributed by atoms with E-state index in [0.717, 1.165) is 84.6 Å². The molecule has 11 nitrogen and oxygen atoms in total. The lowest BCUT2D eigenvalue weighted by atomic mass is 9.91. The highest BCUT2D eigenvalue weighted by molar-refractivity contribution is 6.31. The number of nitrogens with zero attached hydrogens (tertiary/aromatic N) is 4. The third kappa shape index (κ3) is 7.52. The van der Waals surface area contributed by atoms with Crippen LogP contribution in [0.5, 0.6) is 6.01 Å². The molecule has 0 spiro atoms. The van der Waals surface area contributed by atoms with Crippen LogP contribution in [-0.4, -0.2) is 71.7 Å². The molecule has 2 saturated heterocycles. The Labute approximate surface area is 288 Å². The lowest BCUT2D eigenvalue weighted by Gasteiger charge is -2.34. The van der Waals surface area contributed by atoms with Gasteiger partial charge in [0.05, 0.1) is 41.5 Å². The summed E-state index contributed by atoms with van der Waals surface area (Å²) < 4.78 is 11.6. The molecule has 5 heterocycles. The van der Waals surface area contributed by atoms with E-state index >= 15 is 0 Å². The molecule has 260 valence electrons. The molecule has 12 heteroatoms. The number of hydrogen-bond donors (Lipinski definition) is 4. The first-order chi connectivity index (χ1) is 23.4. The van der Waals surface area contributed by atoms with E-state index in [2.05, 4.69) is 44.0 Å². The van der Waals surface area contributed by atoms with Crippen LogP contribution < -0.4 is 36.2 Å². The number of aromatic amines is 1. The predicted molar refractivity (Wildman–Crippen MR) is 191 cm³/mol. The van der Waals surface area contributed by atoms with E-state index in [1.807, 2.05) is 45.3 Å². The molecule has 2 aromatic heterocycles. The molecular formula is C36H51ClN8O3. The Morgan fingerprint density at radius 2 is 2.00 bits per heavy atom. The topological polar surface area (TPSA) is 129 Å². The second-order valence-corrected chi connectivity index (χ2v) is 14.1. The van der Waals surface area contributed by atoms with Gasteiger partial charge in [0, 0.05) is 47.7 Å². The summed E-state index contributed by atoms with van der Waals surface area (Å²) >= 11 is 6.48. The van der Waals surface area contributed by atoms with Gasteiger partial charge in [-0.15, -0.1) is 0 Å². The maximum absolute atomic E-state index is 12.2. The predicted octanol–water partition coefficient (Wildman–Crippen LogP) is 4.94. The number of carbonyl (C=O) groups excluding carboxylic acids is 1. The lowest BCUT2D eigenvalue weighted by Crippen LogP contribution is -2.51. The molecule has 48 heavy (non-hydrogen) atoms. The maximum atomic E-state index is 12.2. The maximum Gasteiger partial charge on any atom is 0.407 e. The van der Waals surface area contributed by atoms with Crippen LogP contribution in [0.15, 0.2) is 18.3 Å². The van der Waals surface area contributed by atoms with Gasteiger partial charge in [0.25, 0.3) is 0 Å². The largest absolute Gasteiger partial charge is 0.463 e. The normalized spacial score (nSPS) is 26.6. The van der Waals surface area contributed by atoms with Crippen LogP contribution in [0.3, 0.4) is 0 Å². The molecule has 0 bridgehead atoms. The van der Waals surface area contributed by atoms with Gasteiger partial charge in [-0.2, -0.15) is 15.1 Å². The number of alkyl carbamates (subject to hydrolysis) is 1. The van der Waals surface area contributed by atoms with Crippen molar-refractivity contribution in [2.24, 2.45) is 10.8 Å². The molecular weight excluding hydrogens is 628 g/mol. The molecule has 3 aliphatic heterocycles. The summed E-state index contributed by atoms with van der Waals surface area (Å²) in [7, 11) is 0. The SMILES string of the molecule is C1CC1.CC.CCOC(=O)NC1CCCN(c2nc(OCC34CCCNCC3(C)C4)nc3c2=CNC(c2cc(Cl)cc4[nH]ncc24)C=3)C1. The Kier molecular flexibility index (Phi) is 10.6. The van der Waals surface area contributed by atoms with Gasteiger partial charge in [-0.3, -0.25) is 5.10 Å². The highest BCUT2D eigenvalue weighted by Gasteiger charge is 2.64. The number of ether oxygens (including phenoxy) is 2. The summed E-state index contributed by atoms with van der Waals surface area (Å²) in [4.78, 5) is 24.4. The Hall–Kier alpha value is -3.57. The molecule has 0 radical (unpaired) electrons. The Morgan fingerprint density at radius 3 is 2.79 bits per heavy atom. The van der Waals surface area contributed by atoms with Crippen molar-refractivity contribution in [1.82, 2.24) is 36.1 Å². The van der Waals surface area contributed by atoms with Gasteiger partial charge in [0.1, 0.15) is 5.82 Å². The number of anilines is 1. The minimum absolute atomic E-state index is 0.0403. The van der Waals surface area contributed by atoms with E-state index in [-0.39, 0.29) is 29.0 Å². The van der Waals surface area contributed by atoms with Gasteiger partial charge in [-0.05, 0) is 74.8 Å². The van der Waals surface area contributed by atoms with E-state index in [1.165, 1.54) is 19.3 Å². The van der Waals surface area contributed by atoms with Crippen LogP contribution in [0, 0.1) is 10.8 Å². The molecule has 2 aliphatic carbocycles. The number of piperidine rings is 1. The zero-order valence-corrected chi connectivity index (χ0v) is 29.6. The number of rotatable bonds is 7. The minimum Gasteiger partial charge on any atom is -0.463 e. The summed E-state index contributed by atoms with van der Waals surface area (Å²) in [6.45, 7) is 12.6. The Balaban J connectivity index is 0.000000749. The van der Waals surface area contributed by atoms with Crippen LogP contribution in [-0.2, 0) is 4.74 Å². The number of nitrogens with one attached hydrogen (secondary N) is 4. The standard InChI is InChI=1S/C31H39ClN8O3.C3H6.C2H6/c1-3-42-29(41)36-20-6-4-9-40(15-20)27-23-13-34-24(21-10-19(32)11-26-22(21)14-35-39-26)12-25(23)37-28(38-27)43-18-31-7-5-8-33-17-30(31,2)16-31;1-2-3-1;1-2/h10-14,20,24,33-34H,3-9,15-18H2,1-2H3,(H,35,39)(H,36,41);1-3H2;1-2H3. The first kappa shape index (κ1) is 34.3. The van der Waals surface area contributed by atoms with Gasteiger partial charge in [-0.1, -0.05) is 51.6 Å². The zero-order chi connectivity index (χ0) is 33.7. The number of H-pyrrole nitrogens is 1. The second kappa shape index (κ2) is 14.9. The van der Waals surface area contributed by atoms with Crippen molar-refractivity contribution in [3.05, 3.63) is 39.5 Å². The average Bonchev–Trinajstić information content (AvgIpc) is 4.01. The Bertz CT molecular complexity index is 1710. The van der Waals surface area contributed by atoms with E-state index in [1.54, 1.807) is 0 Å². The summed E-state index contributed by atoms with van der Waals surface area (Å²) in [5.41, 5.74) is 2.30. The molecule has 2 saturated carbocycles. The molecule has 8 rings (SSSR count). The summed E-state index contributed by atoms with van der Waals surface area (Å²) in [5, 5.41) is 20.7. The van der Waals surface area contributed by atoms with Crippen LogP contribution in [0.25, 0.3) is 23.2 Å². The third-order valence-corrected chi connectivity index (χ3v) is 10.3. The van der Waals surface area contributed by atoms with Crippen LogP contribution >= 0.6 is 11.6 Å². The smallest absolute Gasteiger partial charge is 0.407 e. The molecule has 4 fully saturated rings. The van der Waals surface area contributed by atoms with Crippen molar-refractivity contribution in [2.75, 3.05) is 44.3 Å². The molecule has 1 amide bonds. The highest BCUT2D eigenvalue weighted by atomic mass is 35.5. The second-order valence-electron chi connectivity index (χ2n) is 13.7. The fourth-order valence-electron chi connectivity index (χ4n) is 7.27. The highest BCUT2D eigenvalue weighted by Crippen LogP contribution is 2.66. The van der Waals surface area contributed by atoms with E-state index in [4.69, 9.17) is 31.0 Å². The fourth-order valence-corrected chi connectivity index (χ4v) is 7.50. The lowest BCUT2D eigenvalue weighted by molar-refractivity contribution is 0.146. The molecule has 3 aromatic rings. The van der Waals surface area contributed by atoms with Crippen molar-refractivity contribution in [3.8, 4) is 6.01 Å². The number of carbonyl (C=O) groups is 1. The average molecular weight is 679 g/mol. The summed E-state index contributed by atoms with van der Waals surface area (Å²) in [6, 6.07) is 4.03. The number of fused-ring (bicyclic) bond motifs is 3. The van der Waals surface area contributed by atoms with Crippen molar-refractivity contribution < 1.29 is 14.3 Å². The van der Waals surface area contributed by atoms with Crippen LogP contribution in [0.1, 0.15) is 90.7 Å². The van der Waals surface area contributed by atoms with E-state index < -0.39 is 0 Å². The molecule has 4 unspecified atom stereocenters. The number of hydrogen-bond acceptors (Lipinski definition) is 9. The number of aromatic nitrogens is 4. The zero-order valence-electron chi connectivity index (χ0n) is 28.8. The van der Waals surface area contributed by atoms with Gasteiger partial charge in [0.15, 0.2) is 0 Å². The van der Waals surface area contributed by atoms with Crippen molar-refractivity contribution in [2.45, 2.75) is 91.1 Å². The van der Waals surface area contributed by atoms with Gasteiger partial charge in [-0.25, -0.2) is 4.79 Å². The van der Waals surface area contributed by atoms with Crippen molar-refractivity contribution >= 4 is 46.7 Å². The van der Waals surface area contributed by atoms with Gasteiger partial charge >= 0.3 is 12.1 Å². The monoisotopic (exact) mass is 678 g/mol. The van der Waals surface area contributed by atoms with Crippen LogP contribution in [0.2, 0.25) is 5.02 Å². The van der Waals surface area contributed by atoms with E-state index in [9.17, 15) is 4.79 Å². The first-order valence-corrected chi connectivity index (χ1v) is 18.2. The number of benzene rings is 1. The fraction of sp³-hybridized carbons (Fsp3) is 0.611. The summed E-state index contributed by atoms with van der Waals surface area (Å²) in [6.07, 6.45) is 15.3. The van der Waals surface area contributed by atoms with E-state index in [0.29, 0.717) is 30.8 Å². The molecule has 1 aromatic carbocycles. The number of amides is 1. The van der Waals surface area contributed by atoms with Gasteiger partial charge in [0.2, 0.25) is 0 Å². The third-order valence-electron chi connectivity index (χ3n) is 10.1. The van der Waals surface area contributed by atoms with Crippen LogP contribution in [0.4, 0.5) is 10.6 Å². The minimum atomic E-state index is -0.385. The Morgan fingerprint density at radius 1 is 1.17 bits per heavy atom. The molecule has 4 atom stereocenters. The van der Waals surface area contributed by atoms with Crippen molar-refractivity contribution in [1.29, 1.82) is 0 Å². The molecule has 4 N–H and O–H groups in total. The molecule has 5 aliphatic rings. The van der Waals surface area contributed by atoms with Gasteiger partial charge < -0.3 is 30.3 Å². The first-order valence-electron chi connectivity index (χ1n) is 17.9. The number of halogens is 1.